The van der Waals surface area contributed by atoms with E-state index in [0.29, 0.717) is 19.6 Å². The first-order chi connectivity index (χ1) is 13.6. The van der Waals surface area contributed by atoms with Crippen molar-refractivity contribution in [3.8, 4) is 0 Å². The maximum atomic E-state index is 12.2. The number of rotatable bonds is 6. The molecule has 2 heterocycles. The monoisotopic (exact) mass is 384 g/mol. The highest BCUT2D eigenvalue weighted by Crippen LogP contribution is 2.25. The summed E-state index contributed by atoms with van der Waals surface area (Å²) < 4.78 is 7.48. The molecule has 28 heavy (non-hydrogen) atoms. The molecule has 4 rings (SSSR count). The van der Waals surface area contributed by atoms with Crippen LogP contribution in [0.4, 0.5) is 5.69 Å². The lowest BCUT2D eigenvalue weighted by Gasteiger charge is -2.10. The number of anilines is 1. The molecular weight excluding hydrogens is 356 g/mol. The van der Waals surface area contributed by atoms with Gasteiger partial charge in [-0.25, -0.2) is 4.98 Å². The summed E-state index contributed by atoms with van der Waals surface area (Å²) in [6.07, 6.45) is 6.38. The minimum absolute atomic E-state index is 0.0948. The molecule has 0 radical (unpaired) electrons. The molecule has 2 N–H and O–H groups in total. The number of benzene rings is 1. The average Bonchev–Trinajstić information content (AvgIpc) is 3.44. The summed E-state index contributed by atoms with van der Waals surface area (Å²) in [4.78, 5) is 29.1. The number of nitrogens with one attached hydrogen (secondary N) is 2. The predicted octanol–water partition coefficient (Wildman–Crippen LogP) is 2.54. The van der Waals surface area contributed by atoms with Gasteiger partial charge in [0.05, 0.1) is 11.0 Å². The number of ether oxygens (including phenoxy) is 1. The highest BCUT2D eigenvalue weighted by molar-refractivity contribution is 5.96. The van der Waals surface area contributed by atoms with E-state index in [1.165, 1.54) is 0 Å². The van der Waals surface area contributed by atoms with Crippen LogP contribution in [0.1, 0.15) is 44.3 Å². The van der Waals surface area contributed by atoms with Crippen LogP contribution in [-0.4, -0.2) is 40.6 Å². The van der Waals surface area contributed by atoms with Crippen molar-refractivity contribution in [3.63, 3.8) is 0 Å². The zero-order valence-electron chi connectivity index (χ0n) is 16.4. The summed E-state index contributed by atoms with van der Waals surface area (Å²) in [6.45, 7) is 1.24. The van der Waals surface area contributed by atoms with E-state index in [4.69, 9.17) is 9.72 Å². The first kappa shape index (κ1) is 18.9. The van der Waals surface area contributed by atoms with E-state index >= 15 is 0 Å². The van der Waals surface area contributed by atoms with Crippen molar-refractivity contribution in [1.29, 1.82) is 0 Å². The summed E-state index contributed by atoms with van der Waals surface area (Å²) >= 11 is 0. The Morgan fingerprint density at radius 2 is 2.00 bits per heavy atom. The molecule has 1 aliphatic heterocycles. The van der Waals surface area contributed by atoms with E-state index in [1.807, 2.05) is 29.8 Å². The number of aromatic nitrogens is 2. The third-order valence-electron chi connectivity index (χ3n) is 5.84. The molecule has 1 saturated heterocycles. The second kappa shape index (κ2) is 8.31. The van der Waals surface area contributed by atoms with Gasteiger partial charge in [-0.1, -0.05) is 12.8 Å². The molecule has 0 bridgehead atoms. The number of fused-ring (bicyclic) bond motifs is 1. The second-order valence-electron chi connectivity index (χ2n) is 7.80. The van der Waals surface area contributed by atoms with Crippen molar-refractivity contribution >= 4 is 28.5 Å². The molecule has 7 nitrogen and oxygen atoms in total. The van der Waals surface area contributed by atoms with Crippen LogP contribution in [0, 0.1) is 5.92 Å². The number of imidazole rings is 1. The van der Waals surface area contributed by atoms with Crippen LogP contribution < -0.4 is 10.6 Å². The van der Waals surface area contributed by atoms with Gasteiger partial charge in [0.25, 0.3) is 5.91 Å². The van der Waals surface area contributed by atoms with Crippen molar-refractivity contribution in [2.75, 3.05) is 18.5 Å². The molecule has 2 aromatic rings. The van der Waals surface area contributed by atoms with Gasteiger partial charge in [-0.15, -0.1) is 0 Å². The Balaban J connectivity index is 1.38. The summed E-state index contributed by atoms with van der Waals surface area (Å²) in [7, 11) is 1.98. The normalized spacial score (nSPS) is 20.0. The molecular formula is C21H28N4O3. The van der Waals surface area contributed by atoms with Gasteiger partial charge in [0.15, 0.2) is 0 Å². The molecule has 2 aliphatic rings. The highest BCUT2D eigenvalue weighted by Gasteiger charge is 2.24. The Morgan fingerprint density at radius 1 is 1.18 bits per heavy atom. The van der Waals surface area contributed by atoms with E-state index in [2.05, 4.69) is 10.6 Å². The van der Waals surface area contributed by atoms with Crippen LogP contribution >= 0.6 is 0 Å². The maximum Gasteiger partial charge on any atom is 0.253 e. The Bertz CT molecular complexity index is 864. The molecule has 0 unspecified atom stereocenters. The second-order valence-corrected chi connectivity index (χ2v) is 7.80. The van der Waals surface area contributed by atoms with E-state index in [1.54, 1.807) is 0 Å². The third-order valence-corrected chi connectivity index (χ3v) is 5.84. The number of aryl methyl sites for hydroxylation is 1. The highest BCUT2D eigenvalue weighted by atomic mass is 16.5. The number of carbonyl (C=O) groups is 2. The van der Waals surface area contributed by atoms with E-state index in [9.17, 15) is 9.59 Å². The number of amides is 2. The van der Waals surface area contributed by atoms with Crippen LogP contribution in [0.15, 0.2) is 18.2 Å². The van der Waals surface area contributed by atoms with Gasteiger partial charge >= 0.3 is 0 Å². The topological polar surface area (TPSA) is 85.3 Å². The fraction of sp³-hybridized carbons (Fsp3) is 0.571. The Morgan fingerprint density at radius 3 is 2.75 bits per heavy atom. The lowest BCUT2D eigenvalue weighted by molar-refractivity contribution is -0.125. The number of nitrogens with zero attached hydrogens (tertiary/aromatic N) is 2. The van der Waals surface area contributed by atoms with Crippen LogP contribution in [0.5, 0.6) is 0 Å². The summed E-state index contributed by atoms with van der Waals surface area (Å²) in [5.74, 6) is 1.19. The van der Waals surface area contributed by atoms with Gasteiger partial charge in [0.1, 0.15) is 11.9 Å². The van der Waals surface area contributed by atoms with Crippen LogP contribution in [0.3, 0.4) is 0 Å². The number of hydrogen-bond donors (Lipinski definition) is 2. The van der Waals surface area contributed by atoms with Crippen LogP contribution in [-0.2, 0) is 27.8 Å². The zero-order chi connectivity index (χ0) is 19.5. The summed E-state index contributed by atoms with van der Waals surface area (Å²) in [5.41, 5.74) is 2.57. The van der Waals surface area contributed by atoms with Gasteiger partial charge in [-0.05, 0) is 43.9 Å². The summed E-state index contributed by atoms with van der Waals surface area (Å²) in [6, 6.07) is 5.75. The Kier molecular flexibility index (Phi) is 5.62. The average molecular weight is 384 g/mol. The first-order valence-electron chi connectivity index (χ1n) is 10.3. The smallest absolute Gasteiger partial charge is 0.253 e. The Hall–Kier alpha value is -2.41. The van der Waals surface area contributed by atoms with E-state index in [0.717, 1.165) is 61.1 Å². The third kappa shape index (κ3) is 4.04. The van der Waals surface area contributed by atoms with Gasteiger partial charge in [-0.3, -0.25) is 9.59 Å². The molecule has 1 atom stereocenters. The molecule has 0 spiro atoms. The fourth-order valence-electron chi connectivity index (χ4n) is 4.19. The molecule has 150 valence electrons. The van der Waals surface area contributed by atoms with Crippen LogP contribution in [0.2, 0.25) is 0 Å². The van der Waals surface area contributed by atoms with Gasteiger partial charge in [-0.2, -0.15) is 0 Å². The molecule has 1 aliphatic carbocycles. The number of hydrogen-bond acceptors (Lipinski definition) is 4. The lowest BCUT2D eigenvalue weighted by Crippen LogP contribution is -2.31. The van der Waals surface area contributed by atoms with Gasteiger partial charge in [0.2, 0.25) is 5.91 Å². The molecule has 2 fully saturated rings. The van der Waals surface area contributed by atoms with Crippen LogP contribution in [0.25, 0.3) is 11.0 Å². The summed E-state index contributed by atoms with van der Waals surface area (Å²) in [5, 5.41) is 5.97. The minimum Gasteiger partial charge on any atom is -0.368 e. The quantitative estimate of drug-likeness (QED) is 0.801. The largest absolute Gasteiger partial charge is 0.368 e. The Labute approximate surface area is 164 Å². The maximum absolute atomic E-state index is 12.2. The lowest BCUT2D eigenvalue weighted by atomic mass is 10.1. The number of carbonyl (C=O) groups excluding carboxylic acids is 2. The molecule has 7 heteroatoms. The van der Waals surface area contributed by atoms with E-state index < -0.39 is 0 Å². The van der Waals surface area contributed by atoms with Gasteiger partial charge < -0.3 is 19.9 Å². The fourth-order valence-corrected chi connectivity index (χ4v) is 4.19. The first-order valence-corrected chi connectivity index (χ1v) is 10.3. The van der Waals surface area contributed by atoms with Crippen molar-refractivity contribution in [1.82, 2.24) is 14.9 Å². The minimum atomic E-state index is -0.349. The van der Waals surface area contributed by atoms with Crippen molar-refractivity contribution in [2.24, 2.45) is 13.0 Å². The van der Waals surface area contributed by atoms with Crippen molar-refractivity contribution in [2.45, 2.75) is 51.0 Å². The van der Waals surface area contributed by atoms with Crippen molar-refractivity contribution < 1.29 is 14.3 Å². The molecule has 1 aromatic carbocycles. The predicted molar refractivity (Wildman–Crippen MR) is 107 cm³/mol. The zero-order valence-corrected chi connectivity index (χ0v) is 16.4. The molecule has 2 amide bonds. The van der Waals surface area contributed by atoms with Gasteiger partial charge in [0, 0.05) is 38.2 Å². The standard InChI is InChI=1S/C21H28N4O3/c1-25-17-9-8-15(23-21(27)18-7-4-12-28-18)13-16(17)24-19(25)10-11-22-20(26)14-5-2-3-6-14/h8-9,13-14,18H,2-7,10-12H2,1H3,(H,22,26)(H,23,27)/t18-/m0/s1. The molecule has 1 saturated carbocycles. The SMILES string of the molecule is Cn1c(CCNC(=O)C2CCCC2)nc2cc(NC(=O)[C@@H]3CCCO3)ccc21. The van der Waals surface area contributed by atoms with E-state index in [-0.39, 0.29) is 23.8 Å². The van der Waals surface area contributed by atoms with Crippen molar-refractivity contribution in [3.05, 3.63) is 24.0 Å². The molecule has 1 aromatic heterocycles.